The standard InChI is InChI=1S/C20H27NO2/c1-2-3-5-10-17-13-18-11-12-19(14-17)21(18)20(22)23-15-16-8-6-4-7-9-16/h4,6-9,13,18-19H,2-3,5,10-12,14-15H2,1H3. The fraction of sp³-hybridized carbons (Fsp3) is 0.550. The number of benzene rings is 1. The topological polar surface area (TPSA) is 29.5 Å². The van der Waals surface area contributed by atoms with Gasteiger partial charge in [0.2, 0.25) is 0 Å². The Labute approximate surface area is 139 Å². The van der Waals surface area contributed by atoms with Crippen molar-refractivity contribution in [1.29, 1.82) is 0 Å². The first-order valence-corrected chi connectivity index (χ1v) is 8.96. The minimum Gasteiger partial charge on any atom is -0.445 e. The Morgan fingerprint density at radius 3 is 2.78 bits per heavy atom. The average molecular weight is 313 g/mol. The van der Waals surface area contributed by atoms with E-state index in [-0.39, 0.29) is 12.1 Å². The molecule has 3 rings (SSSR count). The molecule has 1 aromatic carbocycles. The maximum atomic E-state index is 12.5. The molecule has 1 aromatic rings. The SMILES string of the molecule is CCCCCC1=CC2CCC(C1)N2C(=O)OCc1ccccc1. The summed E-state index contributed by atoms with van der Waals surface area (Å²) in [4.78, 5) is 14.5. The van der Waals surface area contributed by atoms with Crippen LogP contribution in [0.4, 0.5) is 4.79 Å². The zero-order chi connectivity index (χ0) is 16.1. The minimum absolute atomic E-state index is 0.148. The van der Waals surface area contributed by atoms with Gasteiger partial charge in [-0.3, -0.25) is 4.90 Å². The van der Waals surface area contributed by atoms with Gasteiger partial charge in [0.05, 0.1) is 6.04 Å². The summed E-state index contributed by atoms with van der Waals surface area (Å²) >= 11 is 0. The molecule has 2 unspecified atom stereocenters. The van der Waals surface area contributed by atoms with Crippen LogP contribution >= 0.6 is 0 Å². The van der Waals surface area contributed by atoms with E-state index in [1.54, 1.807) is 5.57 Å². The largest absolute Gasteiger partial charge is 0.445 e. The lowest BCUT2D eigenvalue weighted by Crippen LogP contribution is -2.43. The lowest BCUT2D eigenvalue weighted by Gasteiger charge is -2.33. The predicted octanol–water partition coefficient (Wildman–Crippen LogP) is 5.07. The van der Waals surface area contributed by atoms with Gasteiger partial charge >= 0.3 is 6.09 Å². The van der Waals surface area contributed by atoms with Crippen LogP contribution in [0, 0.1) is 0 Å². The Balaban J connectivity index is 1.55. The molecule has 0 aromatic heterocycles. The van der Waals surface area contributed by atoms with E-state index in [1.165, 1.54) is 25.7 Å². The van der Waals surface area contributed by atoms with Gasteiger partial charge in [-0.15, -0.1) is 0 Å². The van der Waals surface area contributed by atoms with Crippen LogP contribution in [0.5, 0.6) is 0 Å². The van der Waals surface area contributed by atoms with Crippen LogP contribution in [0.2, 0.25) is 0 Å². The van der Waals surface area contributed by atoms with Crippen LogP contribution in [0.25, 0.3) is 0 Å². The van der Waals surface area contributed by atoms with Crippen molar-refractivity contribution in [3.8, 4) is 0 Å². The van der Waals surface area contributed by atoms with Crippen LogP contribution in [-0.4, -0.2) is 23.1 Å². The summed E-state index contributed by atoms with van der Waals surface area (Å²) in [6, 6.07) is 10.5. The highest BCUT2D eigenvalue weighted by Gasteiger charge is 2.40. The number of nitrogens with zero attached hydrogens (tertiary/aromatic N) is 1. The summed E-state index contributed by atoms with van der Waals surface area (Å²) in [7, 11) is 0. The Hall–Kier alpha value is -1.77. The molecule has 2 heterocycles. The molecule has 124 valence electrons. The number of amides is 1. The van der Waals surface area contributed by atoms with Crippen LogP contribution in [0.1, 0.15) is 57.4 Å². The molecule has 0 saturated carbocycles. The second-order valence-electron chi connectivity index (χ2n) is 6.73. The van der Waals surface area contributed by atoms with Crippen molar-refractivity contribution < 1.29 is 9.53 Å². The lowest BCUT2D eigenvalue weighted by molar-refractivity contribution is 0.0814. The monoisotopic (exact) mass is 313 g/mol. The molecule has 2 atom stereocenters. The highest BCUT2D eigenvalue weighted by Crippen LogP contribution is 2.36. The van der Waals surface area contributed by atoms with Crippen molar-refractivity contribution in [3.63, 3.8) is 0 Å². The van der Waals surface area contributed by atoms with Gasteiger partial charge in [-0.05, 0) is 37.7 Å². The second-order valence-corrected chi connectivity index (χ2v) is 6.73. The fourth-order valence-corrected chi connectivity index (χ4v) is 3.78. The van der Waals surface area contributed by atoms with Gasteiger partial charge in [-0.1, -0.05) is 61.7 Å². The third-order valence-electron chi connectivity index (χ3n) is 4.99. The van der Waals surface area contributed by atoms with Gasteiger partial charge in [0.1, 0.15) is 6.61 Å². The first-order valence-electron chi connectivity index (χ1n) is 8.96. The van der Waals surface area contributed by atoms with Gasteiger partial charge in [0, 0.05) is 6.04 Å². The molecule has 0 N–H and O–H groups in total. The number of rotatable bonds is 6. The molecular weight excluding hydrogens is 286 g/mol. The number of unbranched alkanes of at least 4 members (excludes halogenated alkanes) is 2. The van der Waals surface area contributed by atoms with E-state index in [4.69, 9.17) is 4.74 Å². The molecule has 2 aliphatic rings. The number of hydrogen-bond donors (Lipinski definition) is 0. The smallest absolute Gasteiger partial charge is 0.410 e. The summed E-state index contributed by atoms with van der Waals surface area (Å²) in [5, 5.41) is 0. The van der Waals surface area contributed by atoms with Crippen molar-refractivity contribution >= 4 is 6.09 Å². The van der Waals surface area contributed by atoms with E-state index >= 15 is 0 Å². The highest BCUT2D eigenvalue weighted by atomic mass is 16.6. The summed E-state index contributed by atoms with van der Waals surface area (Å²) in [6.45, 7) is 2.60. The fourth-order valence-electron chi connectivity index (χ4n) is 3.78. The number of carbonyl (C=O) groups is 1. The molecule has 23 heavy (non-hydrogen) atoms. The van der Waals surface area contributed by atoms with Crippen molar-refractivity contribution in [1.82, 2.24) is 4.90 Å². The Morgan fingerprint density at radius 1 is 1.22 bits per heavy atom. The van der Waals surface area contributed by atoms with Gasteiger partial charge in [-0.25, -0.2) is 4.79 Å². The van der Waals surface area contributed by atoms with Crippen molar-refractivity contribution in [3.05, 3.63) is 47.5 Å². The van der Waals surface area contributed by atoms with E-state index in [9.17, 15) is 4.79 Å². The molecule has 1 amide bonds. The van der Waals surface area contributed by atoms with Crippen molar-refractivity contribution in [2.24, 2.45) is 0 Å². The molecule has 3 nitrogen and oxygen atoms in total. The molecule has 3 heteroatoms. The van der Waals surface area contributed by atoms with Gasteiger partial charge < -0.3 is 4.74 Å². The summed E-state index contributed by atoms with van der Waals surface area (Å²) in [5.74, 6) is 0. The molecule has 2 aliphatic heterocycles. The summed E-state index contributed by atoms with van der Waals surface area (Å²) < 4.78 is 5.54. The minimum atomic E-state index is -0.148. The predicted molar refractivity (Wildman–Crippen MR) is 92.1 cm³/mol. The number of ether oxygens (including phenoxy) is 1. The average Bonchev–Trinajstić information content (AvgIpc) is 2.85. The molecule has 0 spiro atoms. The molecular formula is C20H27NO2. The maximum Gasteiger partial charge on any atom is 0.410 e. The number of hydrogen-bond acceptors (Lipinski definition) is 2. The molecule has 1 saturated heterocycles. The van der Waals surface area contributed by atoms with E-state index in [0.717, 1.165) is 24.8 Å². The molecule has 2 bridgehead atoms. The third-order valence-corrected chi connectivity index (χ3v) is 4.99. The molecule has 0 aliphatic carbocycles. The first-order chi connectivity index (χ1) is 11.3. The quantitative estimate of drug-likeness (QED) is 0.542. The molecule has 0 radical (unpaired) electrons. The Kier molecular flexibility index (Phi) is 5.37. The molecule has 1 fully saturated rings. The number of fused-ring (bicyclic) bond motifs is 2. The van der Waals surface area contributed by atoms with Crippen molar-refractivity contribution in [2.45, 2.75) is 70.6 Å². The van der Waals surface area contributed by atoms with Crippen molar-refractivity contribution in [2.75, 3.05) is 0 Å². The van der Waals surface area contributed by atoms with E-state index in [2.05, 4.69) is 13.0 Å². The van der Waals surface area contributed by atoms with Gasteiger partial charge in [-0.2, -0.15) is 0 Å². The van der Waals surface area contributed by atoms with Crippen LogP contribution < -0.4 is 0 Å². The third kappa shape index (κ3) is 3.95. The summed E-state index contributed by atoms with van der Waals surface area (Å²) in [6.07, 6.45) is 10.5. The zero-order valence-corrected chi connectivity index (χ0v) is 14.0. The first kappa shape index (κ1) is 16.1. The summed E-state index contributed by atoms with van der Waals surface area (Å²) in [5.41, 5.74) is 2.60. The van der Waals surface area contributed by atoms with Crippen LogP contribution in [0.15, 0.2) is 42.0 Å². The zero-order valence-electron chi connectivity index (χ0n) is 14.0. The maximum absolute atomic E-state index is 12.5. The Bertz CT molecular complexity index is 552. The normalized spacial score (nSPS) is 22.8. The van der Waals surface area contributed by atoms with Crippen LogP contribution in [0.3, 0.4) is 0 Å². The lowest BCUT2D eigenvalue weighted by atomic mass is 9.96. The number of carbonyl (C=O) groups excluding carboxylic acids is 1. The van der Waals surface area contributed by atoms with E-state index < -0.39 is 0 Å². The van der Waals surface area contributed by atoms with E-state index in [1.807, 2.05) is 35.2 Å². The van der Waals surface area contributed by atoms with Gasteiger partial charge in [0.25, 0.3) is 0 Å². The van der Waals surface area contributed by atoms with E-state index in [0.29, 0.717) is 12.6 Å². The Morgan fingerprint density at radius 2 is 2.04 bits per heavy atom. The highest BCUT2D eigenvalue weighted by molar-refractivity contribution is 5.70. The van der Waals surface area contributed by atoms with Gasteiger partial charge in [0.15, 0.2) is 0 Å². The van der Waals surface area contributed by atoms with Crippen LogP contribution in [-0.2, 0) is 11.3 Å². The second kappa shape index (κ2) is 7.67.